The molecule has 1 unspecified atom stereocenters. The third-order valence-corrected chi connectivity index (χ3v) is 4.48. The minimum absolute atomic E-state index is 0.150. The van der Waals surface area contributed by atoms with Crippen molar-refractivity contribution in [2.45, 2.75) is 37.9 Å². The molecule has 4 heteroatoms. The second kappa shape index (κ2) is 4.34. The van der Waals surface area contributed by atoms with E-state index in [1.54, 1.807) is 12.1 Å². The summed E-state index contributed by atoms with van der Waals surface area (Å²) in [7, 11) is 0. The van der Waals surface area contributed by atoms with E-state index in [2.05, 4.69) is 0 Å². The summed E-state index contributed by atoms with van der Waals surface area (Å²) >= 11 is 5.90. The molecule has 0 amide bonds. The molecule has 1 aliphatic carbocycles. The van der Waals surface area contributed by atoms with Crippen LogP contribution in [0.25, 0.3) is 5.76 Å². The van der Waals surface area contributed by atoms with Crippen LogP contribution in [0.5, 0.6) is 0 Å². The topological polar surface area (TPSA) is 46.5 Å². The Bertz CT molecular complexity index is 618. The van der Waals surface area contributed by atoms with E-state index < -0.39 is 5.60 Å². The number of Topliss-reactive ketones (excluding diaryl/α,β-unsaturated/α-hetero) is 1. The number of carbonyl (C=O) groups is 1. The van der Waals surface area contributed by atoms with Gasteiger partial charge in [-0.15, -0.1) is 11.6 Å². The normalized spacial score (nSPS) is 27.7. The number of carbonyl (C=O) groups excluding carboxylic acids is 1. The van der Waals surface area contributed by atoms with E-state index in [0.717, 1.165) is 12.0 Å². The zero-order valence-corrected chi connectivity index (χ0v) is 12.3. The summed E-state index contributed by atoms with van der Waals surface area (Å²) in [6.07, 6.45) is 1.35. The van der Waals surface area contributed by atoms with Gasteiger partial charge in [0, 0.05) is 16.7 Å². The summed E-state index contributed by atoms with van der Waals surface area (Å²) in [5, 5.41) is 10.7. The van der Waals surface area contributed by atoms with E-state index >= 15 is 0 Å². The smallest absolute Gasteiger partial charge is 0.199 e. The number of aliphatic hydroxyl groups is 1. The molecule has 0 saturated carbocycles. The largest absolute Gasteiger partial charge is 0.487 e. The van der Waals surface area contributed by atoms with Gasteiger partial charge in [-0.3, -0.25) is 4.79 Å². The number of fused-ring (bicyclic) bond motifs is 2. The third-order valence-electron chi connectivity index (χ3n) is 4.09. The maximum absolute atomic E-state index is 12.6. The maximum atomic E-state index is 12.6. The van der Waals surface area contributed by atoms with Crippen molar-refractivity contribution in [3.05, 3.63) is 41.0 Å². The Hall–Kier alpha value is -1.32. The van der Waals surface area contributed by atoms with Crippen LogP contribution in [0.2, 0.25) is 0 Å². The summed E-state index contributed by atoms with van der Waals surface area (Å²) < 4.78 is 6.02. The van der Waals surface area contributed by atoms with Crippen LogP contribution in [0, 0.1) is 0 Å². The highest BCUT2D eigenvalue weighted by molar-refractivity contribution is 6.23. The molecular weight excluding hydrogens is 276 g/mol. The molecule has 1 aromatic carbocycles. The number of halogens is 1. The maximum Gasteiger partial charge on any atom is 0.199 e. The average Bonchev–Trinajstić information content (AvgIpc) is 2.44. The molecule has 3 nitrogen and oxygen atoms in total. The Morgan fingerprint density at radius 3 is 2.75 bits per heavy atom. The fourth-order valence-corrected chi connectivity index (χ4v) is 3.17. The Morgan fingerprint density at radius 1 is 1.35 bits per heavy atom. The van der Waals surface area contributed by atoms with Gasteiger partial charge in [-0.1, -0.05) is 24.3 Å². The van der Waals surface area contributed by atoms with Crippen molar-refractivity contribution in [1.82, 2.24) is 0 Å². The number of hydrogen-bond acceptors (Lipinski definition) is 3. The summed E-state index contributed by atoms with van der Waals surface area (Å²) in [4.78, 5) is 12.6. The Morgan fingerprint density at radius 2 is 2.05 bits per heavy atom. The van der Waals surface area contributed by atoms with Crippen molar-refractivity contribution < 1.29 is 14.6 Å². The van der Waals surface area contributed by atoms with Crippen molar-refractivity contribution in [1.29, 1.82) is 0 Å². The van der Waals surface area contributed by atoms with E-state index in [0.29, 0.717) is 23.3 Å². The monoisotopic (exact) mass is 292 g/mol. The van der Waals surface area contributed by atoms with Gasteiger partial charge in [0.1, 0.15) is 11.4 Å². The summed E-state index contributed by atoms with van der Waals surface area (Å²) in [6.45, 7) is 4.01. The molecule has 1 aliphatic heterocycles. The summed E-state index contributed by atoms with van der Waals surface area (Å²) in [5.41, 5.74) is -0.0644. The zero-order valence-electron chi connectivity index (χ0n) is 11.6. The van der Waals surface area contributed by atoms with Gasteiger partial charge < -0.3 is 9.84 Å². The van der Waals surface area contributed by atoms with Gasteiger partial charge >= 0.3 is 0 Å². The lowest BCUT2D eigenvalue weighted by molar-refractivity contribution is -0.133. The van der Waals surface area contributed by atoms with Crippen LogP contribution in [0.3, 0.4) is 0 Å². The highest BCUT2D eigenvalue weighted by Gasteiger charge is 2.48. The van der Waals surface area contributed by atoms with Crippen LogP contribution in [-0.2, 0) is 15.1 Å². The second-order valence-electron chi connectivity index (χ2n) is 6.04. The molecule has 0 radical (unpaired) electrons. The Labute approximate surface area is 123 Å². The van der Waals surface area contributed by atoms with E-state index in [-0.39, 0.29) is 17.3 Å². The predicted molar refractivity (Wildman–Crippen MR) is 77.4 cm³/mol. The van der Waals surface area contributed by atoms with Crippen LogP contribution in [0.15, 0.2) is 29.8 Å². The van der Waals surface area contributed by atoms with Gasteiger partial charge in [0.05, 0.1) is 5.88 Å². The van der Waals surface area contributed by atoms with E-state index in [9.17, 15) is 9.90 Å². The van der Waals surface area contributed by atoms with Crippen LogP contribution in [-0.4, -0.2) is 22.4 Å². The zero-order chi connectivity index (χ0) is 14.5. The van der Waals surface area contributed by atoms with Gasteiger partial charge in [0.2, 0.25) is 0 Å². The molecule has 106 valence electrons. The average molecular weight is 293 g/mol. The lowest BCUT2D eigenvalue weighted by Gasteiger charge is -2.40. The molecule has 0 spiro atoms. The first-order valence-electron chi connectivity index (χ1n) is 6.74. The van der Waals surface area contributed by atoms with Gasteiger partial charge in [0.25, 0.3) is 0 Å². The Balaban J connectivity index is 2.25. The molecule has 1 aromatic rings. The summed E-state index contributed by atoms with van der Waals surface area (Å²) in [6, 6.07) is 7.28. The molecular formula is C16H17ClO3. The van der Waals surface area contributed by atoms with Gasteiger partial charge in [-0.25, -0.2) is 0 Å². The Kier molecular flexibility index (Phi) is 2.96. The second-order valence-corrected chi connectivity index (χ2v) is 6.31. The van der Waals surface area contributed by atoms with Crippen molar-refractivity contribution in [2.24, 2.45) is 0 Å². The molecule has 1 heterocycles. The first-order chi connectivity index (χ1) is 9.39. The third kappa shape index (κ3) is 1.80. The van der Waals surface area contributed by atoms with Crippen molar-refractivity contribution >= 4 is 23.1 Å². The first kappa shape index (κ1) is 13.7. The molecule has 1 N–H and O–H groups in total. The molecule has 20 heavy (non-hydrogen) atoms. The molecule has 0 aromatic heterocycles. The predicted octanol–water partition coefficient (Wildman–Crippen LogP) is 3.00. The molecule has 1 atom stereocenters. The lowest BCUT2D eigenvalue weighted by Crippen LogP contribution is -2.45. The first-order valence-corrected chi connectivity index (χ1v) is 7.28. The van der Waals surface area contributed by atoms with E-state index in [1.807, 2.05) is 26.0 Å². The number of ether oxygens (including phenoxy) is 1. The molecule has 0 saturated heterocycles. The van der Waals surface area contributed by atoms with Gasteiger partial charge in [-0.2, -0.15) is 0 Å². The molecule has 2 aliphatic rings. The molecule has 3 rings (SSSR count). The van der Waals surface area contributed by atoms with Gasteiger partial charge in [0.15, 0.2) is 11.4 Å². The van der Waals surface area contributed by atoms with Crippen molar-refractivity contribution in [3.63, 3.8) is 0 Å². The standard InChI is InChI=1S/C16H17ClO3/c1-15(2)8-7-11-13(20-15)10-5-3-4-6-12(10)16(19,9-17)14(11)18/h3-6,19H,7-9H2,1-2H3. The van der Waals surface area contributed by atoms with Gasteiger partial charge in [-0.05, 0) is 26.7 Å². The number of benzene rings is 1. The van der Waals surface area contributed by atoms with E-state index in [1.165, 1.54) is 0 Å². The van der Waals surface area contributed by atoms with Crippen molar-refractivity contribution in [2.75, 3.05) is 5.88 Å². The van der Waals surface area contributed by atoms with E-state index in [4.69, 9.17) is 16.3 Å². The van der Waals surface area contributed by atoms with Crippen LogP contribution in [0.1, 0.15) is 37.8 Å². The van der Waals surface area contributed by atoms with Crippen LogP contribution < -0.4 is 0 Å². The number of alkyl halides is 1. The quantitative estimate of drug-likeness (QED) is 0.810. The number of hydrogen-bond donors (Lipinski definition) is 1. The number of ketones is 1. The SMILES string of the molecule is CC1(C)CCC2=C(O1)c1ccccc1C(O)(CCl)C2=O. The highest BCUT2D eigenvalue weighted by atomic mass is 35.5. The molecule has 0 fully saturated rings. The lowest BCUT2D eigenvalue weighted by atomic mass is 9.75. The van der Waals surface area contributed by atoms with Crippen LogP contribution in [0.4, 0.5) is 0 Å². The highest BCUT2D eigenvalue weighted by Crippen LogP contribution is 2.46. The fraction of sp³-hybridized carbons (Fsp3) is 0.438. The summed E-state index contributed by atoms with van der Waals surface area (Å²) in [5.74, 6) is 0.136. The fourth-order valence-electron chi connectivity index (χ4n) is 2.91. The minimum atomic E-state index is -1.64. The minimum Gasteiger partial charge on any atom is -0.487 e. The molecule has 0 bridgehead atoms. The number of rotatable bonds is 1. The van der Waals surface area contributed by atoms with Crippen molar-refractivity contribution in [3.8, 4) is 0 Å². The van der Waals surface area contributed by atoms with Crippen LogP contribution >= 0.6 is 11.6 Å².